The first kappa shape index (κ1) is 19.5. The van der Waals surface area contributed by atoms with Crippen molar-refractivity contribution in [2.75, 3.05) is 32.8 Å². The maximum atomic E-state index is 12.6. The number of benzene rings is 1. The van der Waals surface area contributed by atoms with Gasteiger partial charge in [0.2, 0.25) is 0 Å². The molecule has 0 aromatic heterocycles. The summed E-state index contributed by atoms with van der Waals surface area (Å²) in [5.74, 6) is 0.445. The molecule has 0 bridgehead atoms. The highest BCUT2D eigenvalue weighted by atomic mass is 35.5. The minimum atomic E-state index is -0.583. The number of carbonyl (C=O) groups is 1. The molecule has 26 heavy (non-hydrogen) atoms. The number of para-hydroxylation sites is 1. The SMILES string of the molecule is C[C@@H](Oc1ccccc1Cl)C(=O)NCC1(N2CCOCC2)CCCCC1. The third kappa shape index (κ3) is 4.70. The molecule has 1 saturated carbocycles. The molecule has 1 heterocycles. The molecule has 2 aliphatic rings. The van der Waals surface area contributed by atoms with Crippen molar-refractivity contribution in [1.82, 2.24) is 10.2 Å². The predicted octanol–water partition coefficient (Wildman–Crippen LogP) is 3.26. The smallest absolute Gasteiger partial charge is 0.260 e. The van der Waals surface area contributed by atoms with Gasteiger partial charge >= 0.3 is 0 Å². The van der Waals surface area contributed by atoms with E-state index in [1.165, 1.54) is 19.3 Å². The van der Waals surface area contributed by atoms with Crippen LogP contribution >= 0.6 is 11.6 Å². The van der Waals surface area contributed by atoms with Gasteiger partial charge in [0.1, 0.15) is 5.75 Å². The average molecular weight is 381 g/mol. The summed E-state index contributed by atoms with van der Waals surface area (Å²) in [7, 11) is 0. The fourth-order valence-corrected chi connectivity index (χ4v) is 4.21. The monoisotopic (exact) mass is 380 g/mol. The number of ether oxygens (including phenoxy) is 2. The van der Waals surface area contributed by atoms with Crippen molar-refractivity contribution in [2.24, 2.45) is 0 Å². The van der Waals surface area contributed by atoms with Crippen molar-refractivity contribution in [2.45, 2.75) is 50.7 Å². The Morgan fingerprint density at radius 2 is 1.96 bits per heavy atom. The van der Waals surface area contributed by atoms with Gasteiger partial charge in [-0.25, -0.2) is 0 Å². The van der Waals surface area contributed by atoms with Gasteiger partial charge in [0, 0.05) is 25.2 Å². The highest BCUT2D eigenvalue weighted by Crippen LogP contribution is 2.34. The summed E-state index contributed by atoms with van der Waals surface area (Å²) < 4.78 is 11.3. The Morgan fingerprint density at radius 3 is 2.65 bits per heavy atom. The third-order valence-electron chi connectivity index (χ3n) is 5.57. The van der Waals surface area contributed by atoms with Gasteiger partial charge in [-0.1, -0.05) is 43.0 Å². The third-order valence-corrected chi connectivity index (χ3v) is 5.88. The molecule has 1 atom stereocenters. The fourth-order valence-electron chi connectivity index (χ4n) is 4.03. The highest BCUT2D eigenvalue weighted by molar-refractivity contribution is 6.32. The van der Waals surface area contributed by atoms with Crippen LogP contribution in [0.5, 0.6) is 5.75 Å². The van der Waals surface area contributed by atoms with Crippen molar-refractivity contribution in [3.63, 3.8) is 0 Å². The summed E-state index contributed by atoms with van der Waals surface area (Å²) in [6.07, 6.45) is 5.41. The highest BCUT2D eigenvalue weighted by Gasteiger charge is 2.39. The maximum absolute atomic E-state index is 12.6. The van der Waals surface area contributed by atoms with Gasteiger partial charge in [-0.15, -0.1) is 0 Å². The number of nitrogens with one attached hydrogen (secondary N) is 1. The lowest BCUT2D eigenvalue weighted by Gasteiger charge is -2.48. The zero-order chi connectivity index (χ0) is 18.4. The Bertz CT molecular complexity index is 598. The van der Waals surface area contributed by atoms with Crippen LogP contribution < -0.4 is 10.1 Å². The van der Waals surface area contributed by atoms with Crippen LogP contribution in [0.4, 0.5) is 0 Å². The summed E-state index contributed by atoms with van der Waals surface area (Å²) in [6.45, 7) is 5.88. The molecule has 144 valence electrons. The molecule has 1 aromatic rings. The molecule has 2 fully saturated rings. The first-order chi connectivity index (χ1) is 12.6. The molecule has 1 aromatic carbocycles. The van der Waals surface area contributed by atoms with Crippen LogP contribution in [0.2, 0.25) is 5.02 Å². The van der Waals surface area contributed by atoms with Crippen LogP contribution in [0.15, 0.2) is 24.3 Å². The quantitative estimate of drug-likeness (QED) is 0.823. The van der Waals surface area contributed by atoms with Crippen molar-refractivity contribution >= 4 is 17.5 Å². The van der Waals surface area contributed by atoms with Gasteiger partial charge in [0.25, 0.3) is 5.91 Å². The van der Waals surface area contributed by atoms with E-state index in [0.29, 0.717) is 17.3 Å². The fraction of sp³-hybridized carbons (Fsp3) is 0.650. The molecule has 5 nitrogen and oxygen atoms in total. The maximum Gasteiger partial charge on any atom is 0.260 e. The zero-order valence-electron chi connectivity index (χ0n) is 15.5. The zero-order valence-corrected chi connectivity index (χ0v) is 16.3. The van der Waals surface area contributed by atoms with E-state index in [9.17, 15) is 4.79 Å². The van der Waals surface area contributed by atoms with Gasteiger partial charge in [0.15, 0.2) is 6.10 Å². The first-order valence-corrected chi connectivity index (χ1v) is 10.0. The van der Waals surface area contributed by atoms with E-state index in [-0.39, 0.29) is 11.4 Å². The van der Waals surface area contributed by atoms with Crippen molar-refractivity contribution < 1.29 is 14.3 Å². The Balaban J connectivity index is 1.59. The molecule has 1 N–H and O–H groups in total. The Hall–Kier alpha value is -1.30. The van der Waals surface area contributed by atoms with Crippen LogP contribution in [0.1, 0.15) is 39.0 Å². The van der Waals surface area contributed by atoms with Crippen LogP contribution in [0.25, 0.3) is 0 Å². The molecule has 3 rings (SSSR count). The summed E-state index contributed by atoms with van der Waals surface area (Å²) in [5, 5.41) is 3.66. The Morgan fingerprint density at radius 1 is 1.27 bits per heavy atom. The van der Waals surface area contributed by atoms with Gasteiger partial charge in [0.05, 0.1) is 18.2 Å². The summed E-state index contributed by atoms with van der Waals surface area (Å²) in [4.78, 5) is 15.1. The number of rotatable bonds is 6. The van der Waals surface area contributed by atoms with Crippen molar-refractivity contribution in [1.29, 1.82) is 0 Å². The van der Waals surface area contributed by atoms with Gasteiger partial charge in [-0.2, -0.15) is 0 Å². The number of halogens is 1. The van der Waals surface area contributed by atoms with Crippen LogP contribution in [0, 0.1) is 0 Å². The van der Waals surface area contributed by atoms with E-state index in [1.54, 1.807) is 19.1 Å². The normalized spacial score (nSPS) is 21.8. The minimum absolute atomic E-state index is 0.0573. The number of nitrogens with zero attached hydrogens (tertiary/aromatic N) is 1. The summed E-state index contributed by atoms with van der Waals surface area (Å²) in [5.41, 5.74) is 0.0573. The standard InChI is InChI=1S/C20H29ClN2O3/c1-16(26-18-8-4-3-7-17(18)21)19(24)22-15-20(9-5-2-6-10-20)23-11-13-25-14-12-23/h3-4,7-8,16H,2,5-6,9-15H2,1H3,(H,22,24)/t16-/m1/s1. The molecule has 1 amide bonds. The molecule has 0 unspecified atom stereocenters. The average Bonchev–Trinajstić information content (AvgIpc) is 2.69. The predicted molar refractivity (Wildman–Crippen MR) is 103 cm³/mol. The van der Waals surface area contributed by atoms with E-state index in [1.807, 2.05) is 12.1 Å². The van der Waals surface area contributed by atoms with Gasteiger partial charge < -0.3 is 14.8 Å². The number of morpholine rings is 1. The number of hydrogen-bond donors (Lipinski definition) is 1. The summed E-state index contributed by atoms with van der Waals surface area (Å²) in [6, 6.07) is 7.23. The number of amides is 1. The molecule has 6 heteroatoms. The largest absolute Gasteiger partial charge is 0.479 e. The molecule has 1 aliphatic carbocycles. The lowest BCUT2D eigenvalue weighted by Crippen LogP contribution is -2.60. The molecule has 0 radical (unpaired) electrons. The van der Waals surface area contributed by atoms with Crippen molar-refractivity contribution in [3.05, 3.63) is 29.3 Å². The summed E-state index contributed by atoms with van der Waals surface area (Å²) >= 11 is 6.12. The lowest BCUT2D eigenvalue weighted by atomic mass is 9.79. The Labute approximate surface area is 161 Å². The van der Waals surface area contributed by atoms with E-state index in [2.05, 4.69) is 10.2 Å². The van der Waals surface area contributed by atoms with E-state index in [4.69, 9.17) is 21.1 Å². The van der Waals surface area contributed by atoms with E-state index in [0.717, 1.165) is 39.1 Å². The number of carbonyl (C=O) groups excluding carboxylic acids is 1. The first-order valence-electron chi connectivity index (χ1n) is 9.62. The second-order valence-electron chi connectivity index (χ2n) is 7.29. The van der Waals surface area contributed by atoms with Gasteiger partial charge in [-0.05, 0) is 31.9 Å². The second kappa shape index (κ2) is 9.07. The molecular weight excluding hydrogens is 352 g/mol. The van der Waals surface area contributed by atoms with Crippen molar-refractivity contribution in [3.8, 4) is 5.75 Å². The Kier molecular flexibility index (Phi) is 6.79. The second-order valence-corrected chi connectivity index (χ2v) is 7.70. The molecular formula is C20H29ClN2O3. The lowest BCUT2D eigenvalue weighted by molar-refractivity contribution is -0.128. The van der Waals surface area contributed by atoms with Crippen LogP contribution in [-0.2, 0) is 9.53 Å². The van der Waals surface area contributed by atoms with Gasteiger partial charge in [-0.3, -0.25) is 9.69 Å². The van der Waals surface area contributed by atoms with Crippen LogP contribution in [-0.4, -0.2) is 55.3 Å². The molecule has 1 saturated heterocycles. The molecule has 1 aliphatic heterocycles. The number of hydrogen-bond acceptors (Lipinski definition) is 4. The molecule has 0 spiro atoms. The van der Waals surface area contributed by atoms with E-state index >= 15 is 0 Å². The van der Waals surface area contributed by atoms with E-state index < -0.39 is 6.10 Å². The van der Waals surface area contributed by atoms with Crippen LogP contribution in [0.3, 0.4) is 0 Å². The minimum Gasteiger partial charge on any atom is -0.479 e. The topological polar surface area (TPSA) is 50.8 Å².